The Morgan fingerprint density at radius 1 is 1.00 bits per heavy atom. The number of carbonyl (C=O) groups is 1. The largest absolute Gasteiger partial charge is 0.331 e. The number of amides is 1. The fourth-order valence-corrected chi connectivity index (χ4v) is 2.59. The minimum absolute atomic E-state index is 0.233. The maximum atomic E-state index is 12.2. The Labute approximate surface area is 146 Å². The van der Waals surface area contributed by atoms with Crippen LogP contribution < -0.4 is 10.6 Å². The molecule has 2 aromatic carbocycles. The van der Waals surface area contributed by atoms with Crippen molar-refractivity contribution in [3.8, 4) is 5.69 Å². The highest BCUT2D eigenvalue weighted by Crippen LogP contribution is 2.22. The van der Waals surface area contributed by atoms with Crippen LogP contribution >= 0.6 is 12.2 Å². The third-order valence-corrected chi connectivity index (χ3v) is 3.75. The van der Waals surface area contributed by atoms with Gasteiger partial charge in [0.05, 0.1) is 11.4 Å². The van der Waals surface area contributed by atoms with Crippen LogP contribution in [0.15, 0.2) is 73.1 Å². The number of hydrogen-bond acceptors (Lipinski definition) is 2. The van der Waals surface area contributed by atoms with Gasteiger partial charge in [-0.3, -0.25) is 10.1 Å². The van der Waals surface area contributed by atoms with Crippen molar-refractivity contribution >= 4 is 28.9 Å². The zero-order chi connectivity index (χ0) is 16.9. The first kappa shape index (κ1) is 16.0. The molecule has 0 radical (unpaired) electrons. The molecule has 120 valence electrons. The fraction of sp³-hybridized carbons (Fsp3) is 0.0526. The molecule has 0 atom stereocenters. The molecule has 0 saturated carbocycles. The Kier molecular flexibility index (Phi) is 4.72. The summed E-state index contributed by atoms with van der Waals surface area (Å²) < 4.78 is 1.99. The summed E-state index contributed by atoms with van der Waals surface area (Å²) >= 11 is 5.29. The number of anilines is 1. The number of aromatic nitrogens is 1. The number of thiocarbonyl (C=S) groups is 1. The zero-order valence-electron chi connectivity index (χ0n) is 13.2. The van der Waals surface area contributed by atoms with Crippen molar-refractivity contribution in [1.82, 2.24) is 9.88 Å². The second-order valence-electron chi connectivity index (χ2n) is 5.39. The minimum atomic E-state index is -0.233. The van der Waals surface area contributed by atoms with E-state index < -0.39 is 0 Å². The number of carbonyl (C=O) groups excluding carboxylic acids is 1. The predicted octanol–water partition coefficient (Wildman–Crippen LogP) is 3.91. The van der Waals surface area contributed by atoms with Gasteiger partial charge in [-0.2, -0.15) is 0 Å². The molecule has 1 amide bonds. The molecule has 0 aliphatic carbocycles. The summed E-state index contributed by atoms with van der Waals surface area (Å²) in [6.45, 7) is 2.01. The van der Waals surface area contributed by atoms with Crippen LogP contribution in [0.1, 0.15) is 15.9 Å². The molecule has 0 bridgehead atoms. The number of hydrogen-bond donors (Lipinski definition) is 2. The smallest absolute Gasteiger partial charge is 0.257 e. The number of aryl methyl sites for hydroxylation is 1. The summed E-state index contributed by atoms with van der Waals surface area (Å²) in [5, 5.41) is 6.09. The summed E-state index contributed by atoms with van der Waals surface area (Å²) in [7, 11) is 0. The lowest BCUT2D eigenvalue weighted by atomic mass is 10.2. The SMILES string of the molecule is Cc1ccc(-n2cccc2)c(NC(=S)NC(=O)c2ccccc2)c1. The van der Waals surface area contributed by atoms with E-state index in [4.69, 9.17) is 12.2 Å². The lowest BCUT2D eigenvalue weighted by Crippen LogP contribution is -2.34. The third kappa shape index (κ3) is 3.70. The monoisotopic (exact) mass is 335 g/mol. The highest BCUT2D eigenvalue weighted by atomic mass is 32.1. The van der Waals surface area contributed by atoms with Gasteiger partial charge >= 0.3 is 0 Å². The van der Waals surface area contributed by atoms with Crippen LogP contribution in [0.4, 0.5) is 5.69 Å². The third-order valence-electron chi connectivity index (χ3n) is 3.55. The standard InChI is InChI=1S/C19H17N3OS/c1-14-9-10-17(22-11-5-6-12-22)16(13-14)20-19(24)21-18(23)15-7-3-2-4-8-15/h2-13H,1H3,(H2,20,21,23,24). The van der Waals surface area contributed by atoms with Crippen LogP contribution in [-0.4, -0.2) is 15.6 Å². The molecular weight excluding hydrogens is 318 g/mol. The molecule has 4 nitrogen and oxygen atoms in total. The van der Waals surface area contributed by atoms with Crippen molar-refractivity contribution in [2.24, 2.45) is 0 Å². The number of nitrogens with zero attached hydrogens (tertiary/aromatic N) is 1. The van der Waals surface area contributed by atoms with E-state index in [0.29, 0.717) is 5.56 Å². The van der Waals surface area contributed by atoms with Gasteiger partial charge in [-0.05, 0) is 61.1 Å². The Morgan fingerprint density at radius 3 is 2.42 bits per heavy atom. The Morgan fingerprint density at radius 2 is 1.71 bits per heavy atom. The molecule has 3 aromatic rings. The van der Waals surface area contributed by atoms with Crippen LogP contribution in [0.25, 0.3) is 5.69 Å². The van der Waals surface area contributed by atoms with E-state index in [9.17, 15) is 4.79 Å². The maximum Gasteiger partial charge on any atom is 0.257 e. The fourth-order valence-electron chi connectivity index (χ4n) is 2.39. The van der Waals surface area contributed by atoms with Crippen molar-refractivity contribution in [3.05, 3.63) is 84.2 Å². The van der Waals surface area contributed by atoms with Gasteiger partial charge in [0, 0.05) is 18.0 Å². The van der Waals surface area contributed by atoms with Crippen LogP contribution in [-0.2, 0) is 0 Å². The molecule has 1 heterocycles. The van der Waals surface area contributed by atoms with Gasteiger partial charge in [-0.1, -0.05) is 24.3 Å². The highest BCUT2D eigenvalue weighted by molar-refractivity contribution is 7.80. The molecule has 0 unspecified atom stereocenters. The van der Waals surface area contributed by atoms with E-state index in [2.05, 4.69) is 10.6 Å². The Hall–Kier alpha value is -2.92. The first-order chi connectivity index (χ1) is 11.6. The minimum Gasteiger partial charge on any atom is -0.331 e. The molecule has 0 saturated heterocycles. The van der Waals surface area contributed by atoms with Crippen molar-refractivity contribution < 1.29 is 4.79 Å². The molecule has 1 aromatic heterocycles. The molecule has 5 heteroatoms. The van der Waals surface area contributed by atoms with Crippen molar-refractivity contribution in [3.63, 3.8) is 0 Å². The summed E-state index contributed by atoms with van der Waals surface area (Å²) in [6, 6.07) is 18.9. The first-order valence-corrected chi connectivity index (χ1v) is 7.96. The molecular formula is C19H17N3OS. The molecule has 2 N–H and O–H groups in total. The van der Waals surface area contributed by atoms with E-state index in [1.165, 1.54) is 0 Å². The molecule has 0 spiro atoms. The average Bonchev–Trinajstić information content (AvgIpc) is 3.10. The van der Waals surface area contributed by atoms with Crippen LogP contribution in [0.2, 0.25) is 0 Å². The van der Waals surface area contributed by atoms with E-state index >= 15 is 0 Å². The van der Waals surface area contributed by atoms with Gasteiger partial charge < -0.3 is 9.88 Å². The first-order valence-electron chi connectivity index (χ1n) is 7.55. The van der Waals surface area contributed by atoms with E-state index in [-0.39, 0.29) is 11.0 Å². The Balaban J connectivity index is 1.77. The van der Waals surface area contributed by atoms with Crippen LogP contribution in [0.3, 0.4) is 0 Å². The number of nitrogens with one attached hydrogen (secondary N) is 2. The quantitative estimate of drug-likeness (QED) is 0.713. The van der Waals surface area contributed by atoms with Crippen LogP contribution in [0.5, 0.6) is 0 Å². The maximum absolute atomic E-state index is 12.2. The van der Waals surface area contributed by atoms with Gasteiger partial charge in [0.15, 0.2) is 5.11 Å². The summed E-state index contributed by atoms with van der Waals surface area (Å²) in [5.74, 6) is -0.233. The Bertz CT molecular complexity index is 858. The van der Waals surface area contributed by atoms with E-state index in [0.717, 1.165) is 16.9 Å². The summed E-state index contributed by atoms with van der Waals surface area (Å²) in [6.07, 6.45) is 3.92. The van der Waals surface area contributed by atoms with Gasteiger partial charge in [0.2, 0.25) is 0 Å². The van der Waals surface area contributed by atoms with Gasteiger partial charge in [-0.15, -0.1) is 0 Å². The number of benzene rings is 2. The molecule has 3 rings (SSSR count). The molecule has 0 fully saturated rings. The predicted molar refractivity (Wildman–Crippen MR) is 101 cm³/mol. The van der Waals surface area contributed by atoms with Gasteiger partial charge in [0.1, 0.15) is 0 Å². The lowest BCUT2D eigenvalue weighted by molar-refractivity contribution is 0.0977. The van der Waals surface area contributed by atoms with Crippen molar-refractivity contribution in [2.45, 2.75) is 6.92 Å². The second kappa shape index (κ2) is 7.10. The van der Waals surface area contributed by atoms with E-state index in [1.54, 1.807) is 12.1 Å². The van der Waals surface area contributed by atoms with Crippen LogP contribution in [0, 0.1) is 6.92 Å². The number of rotatable bonds is 3. The zero-order valence-corrected chi connectivity index (χ0v) is 14.0. The van der Waals surface area contributed by atoms with Crippen molar-refractivity contribution in [1.29, 1.82) is 0 Å². The normalized spacial score (nSPS) is 10.2. The van der Waals surface area contributed by atoms with Gasteiger partial charge in [-0.25, -0.2) is 0 Å². The molecule has 0 aliphatic heterocycles. The van der Waals surface area contributed by atoms with Crippen molar-refractivity contribution in [2.75, 3.05) is 5.32 Å². The van der Waals surface area contributed by atoms with E-state index in [1.807, 2.05) is 72.4 Å². The average molecular weight is 335 g/mol. The second-order valence-corrected chi connectivity index (χ2v) is 5.79. The summed E-state index contributed by atoms with van der Waals surface area (Å²) in [5.41, 5.74) is 3.47. The lowest BCUT2D eigenvalue weighted by Gasteiger charge is -2.15. The topological polar surface area (TPSA) is 46.1 Å². The molecule has 0 aliphatic rings. The van der Waals surface area contributed by atoms with Gasteiger partial charge in [0.25, 0.3) is 5.91 Å². The highest BCUT2D eigenvalue weighted by Gasteiger charge is 2.10. The summed E-state index contributed by atoms with van der Waals surface area (Å²) in [4.78, 5) is 12.2. The molecule has 24 heavy (non-hydrogen) atoms.